The lowest BCUT2D eigenvalue weighted by molar-refractivity contribution is 0.0950. The molecule has 2 aliphatic heterocycles. The summed E-state index contributed by atoms with van der Waals surface area (Å²) in [7, 11) is 0. The molecule has 0 bridgehead atoms. The number of likely N-dealkylation sites (tertiary alicyclic amines) is 1. The summed E-state index contributed by atoms with van der Waals surface area (Å²) in [5.74, 6) is -0.217. The number of carbonyl (C=O) groups is 1. The summed E-state index contributed by atoms with van der Waals surface area (Å²) in [5, 5.41) is 3.17. The van der Waals surface area contributed by atoms with Crippen LogP contribution in [0.1, 0.15) is 45.5 Å². The number of carbonyl (C=O) groups excluding carboxylic acids is 1. The van der Waals surface area contributed by atoms with Crippen LogP contribution in [-0.4, -0.2) is 66.0 Å². The lowest BCUT2D eigenvalue weighted by Gasteiger charge is -2.43. The number of hydrogen-bond acceptors (Lipinski definition) is 5. The molecule has 0 unspecified atom stereocenters. The first-order valence-electron chi connectivity index (χ1n) is 14.1. The van der Waals surface area contributed by atoms with E-state index in [4.69, 9.17) is 11.6 Å². The Balaban J connectivity index is 1.09. The van der Waals surface area contributed by atoms with Crippen molar-refractivity contribution in [2.45, 2.75) is 38.9 Å². The number of hydrogen-bond donors (Lipinski definition) is 1. The summed E-state index contributed by atoms with van der Waals surface area (Å²) < 4.78 is 27.8. The van der Waals surface area contributed by atoms with Gasteiger partial charge >= 0.3 is 0 Å². The van der Waals surface area contributed by atoms with Gasteiger partial charge in [0, 0.05) is 57.1 Å². The molecule has 0 aliphatic carbocycles. The average molecular weight is 580 g/mol. The molecule has 5 rings (SSSR count). The summed E-state index contributed by atoms with van der Waals surface area (Å²) in [6.07, 6.45) is 5.33. The van der Waals surface area contributed by atoms with Gasteiger partial charge in [-0.15, -0.1) is 0 Å². The van der Waals surface area contributed by atoms with Crippen LogP contribution in [-0.2, 0) is 13.1 Å². The first-order chi connectivity index (χ1) is 19.8. The van der Waals surface area contributed by atoms with Crippen molar-refractivity contribution in [3.63, 3.8) is 0 Å². The van der Waals surface area contributed by atoms with E-state index in [1.807, 2.05) is 19.1 Å². The highest BCUT2D eigenvalue weighted by molar-refractivity contribution is 6.33. The number of nitrogens with one attached hydrogen (secondary N) is 1. The monoisotopic (exact) mass is 579 g/mol. The van der Waals surface area contributed by atoms with Crippen molar-refractivity contribution in [2.75, 3.05) is 44.2 Å². The Morgan fingerprint density at radius 3 is 2.46 bits per heavy atom. The van der Waals surface area contributed by atoms with Crippen molar-refractivity contribution in [1.82, 2.24) is 20.1 Å². The molecule has 2 aromatic carbocycles. The third kappa shape index (κ3) is 7.12. The van der Waals surface area contributed by atoms with E-state index in [9.17, 15) is 13.6 Å². The van der Waals surface area contributed by atoms with Gasteiger partial charge in [-0.05, 0) is 67.7 Å². The Bertz CT molecular complexity index is 1400. The molecule has 2 fully saturated rings. The number of piperazine rings is 1. The molecule has 3 aromatic rings. The second kappa shape index (κ2) is 13.1. The van der Waals surface area contributed by atoms with Gasteiger partial charge in [0.15, 0.2) is 0 Å². The first kappa shape index (κ1) is 29.2. The molecule has 9 heteroatoms. The fraction of sp³-hybridized carbons (Fsp3) is 0.375. The SMILES string of the molecule is C=Cc1ccc(CNC(=O)c2cnc(N3CCN(C4CCN(Cc5ccc(F)c(C)c5)CC4)CC3)c(Cl)c2)c(F)c1. The number of halogens is 3. The zero-order valence-corrected chi connectivity index (χ0v) is 24.1. The molecule has 0 radical (unpaired) electrons. The van der Waals surface area contributed by atoms with Crippen LogP contribution in [0.2, 0.25) is 5.02 Å². The Kier molecular flexibility index (Phi) is 9.32. The second-order valence-corrected chi connectivity index (χ2v) is 11.3. The Morgan fingerprint density at radius 2 is 1.80 bits per heavy atom. The normalized spacial score (nSPS) is 17.0. The number of benzene rings is 2. The van der Waals surface area contributed by atoms with Gasteiger partial charge in [-0.25, -0.2) is 13.8 Å². The van der Waals surface area contributed by atoms with Crippen LogP contribution in [0.15, 0.2) is 55.2 Å². The molecule has 0 atom stereocenters. The standard InChI is InChI=1S/C32H36ClF2N5O/c1-3-23-4-6-25(30(35)17-23)19-37-32(41)26-18-28(33)31(36-20-26)40-14-12-39(13-15-40)27-8-10-38(11-9-27)21-24-5-7-29(34)22(2)16-24/h3-7,16-18,20,27H,1,8-15,19,21H2,2H3,(H,37,41). The topological polar surface area (TPSA) is 51.7 Å². The van der Waals surface area contributed by atoms with E-state index in [1.165, 1.54) is 12.3 Å². The highest BCUT2D eigenvalue weighted by Crippen LogP contribution is 2.27. The summed E-state index contributed by atoms with van der Waals surface area (Å²) in [4.78, 5) is 24.4. The van der Waals surface area contributed by atoms with E-state index in [2.05, 4.69) is 31.6 Å². The van der Waals surface area contributed by atoms with E-state index < -0.39 is 0 Å². The van der Waals surface area contributed by atoms with E-state index in [-0.39, 0.29) is 24.1 Å². The third-order valence-electron chi connectivity index (χ3n) is 8.15. The van der Waals surface area contributed by atoms with Crippen LogP contribution < -0.4 is 10.2 Å². The maximum Gasteiger partial charge on any atom is 0.253 e. The molecule has 0 saturated carbocycles. The molecule has 3 heterocycles. The van der Waals surface area contributed by atoms with Crippen LogP contribution >= 0.6 is 11.6 Å². The molecular weight excluding hydrogens is 544 g/mol. The number of rotatable bonds is 8. The molecule has 0 spiro atoms. The zero-order valence-electron chi connectivity index (χ0n) is 23.4. The molecule has 1 amide bonds. The van der Waals surface area contributed by atoms with E-state index >= 15 is 0 Å². The summed E-state index contributed by atoms with van der Waals surface area (Å²) in [5.41, 5.74) is 3.28. The summed E-state index contributed by atoms with van der Waals surface area (Å²) in [6, 6.07) is 12.4. The van der Waals surface area contributed by atoms with E-state index in [0.29, 0.717) is 39.1 Å². The maximum atomic E-state index is 14.2. The zero-order chi connectivity index (χ0) is 28.9. The molecule has 1 aromatic heterocycles. The van der Waals surface area contributed by atoms with Gasteiger partial charge in [-0.3, -0.25) is 14.6 Å². The molecule has 6 nitrogen and oxygen atoms in total. The van der Waals surface area contributed by atoms with E-state index in [0.717, 1.165) is 64.2 Å². The smallest absolute Gasteiger partial charge is 0.253 e. The minimum Gasteiger partial charge on any atom is -0.353 e. The molecule has 2 saturated heterocycles. The number of pyridine rings is 1. The van der Waals surface area contributed by atoms with Gasteiger partial charge in [-0.1, -0.05) is 48.5 Å². The van der Waals surface area contributed by atoms with Gasteiger partial charge in [0.05, 0.1) is 10.6 Å². The minimum absolute atomic E-state index is 0.0637. The van der Waals surface area contributed by atoms with Crippen molar-refractivity contribution in [3.05, 3.63) is 99.7 Å². The molecule has 2 aliphatic rings. The van der Waals surface area contributed by atoms with Crippen molar-refractivity contribution >= 4 is 29.4 Å². The van der Waals surface area contributed by atoms with Gasteiger partial charge in [-0.2, -0.15) is 0 Å². The van der Waals surface area contributed by atoms with E-state index in [1.54, 1.807) is 30.3 Å². The summed E-state index contributed by atoms with van der Waals surface area (Å²) >= 11 is 6.58. The number of piperidine rings is 1. The second-order valence-electron chi connectivity index (χ2n) is 10.9. The fourth-order valence-electron chi connectivity index (χ4n) is 5.70. The van der Waals surface area contributed by atoms with Crippen LogP contribution in [0.5, 0.6) is 0 Å². The number of anilines is 1. The lowest BCUT2D eigenvalue weighted by atomic mass is 10.0. The quantitative estimate of drug-likeness (QED) is 0.372. The maximum absolute atomic E-state index is 14.2. The predicted octanol–water partition coefficient (Wildman–Crippen LogP) is 5.68. The Labute approximate surface area is 245 Å². The van der Waals surface area contributed by atoms with Crippen LogP contribution in [0, 0.1) is 18.6 Å². The van der Waals surface area contributed by atoms with Crippen molar-refractivity contribution in [3.8, 4) is 0 Å². The lowest BCUT2D eigenvalue weighted by Crippen LogP contribution is -2.53. The highest BCUT2D eigenvalue weighted by Gasteiger charge is 2.28. The molecular formula is C32H36ClF2N5O. The number of amides is 1. The Morgan fingerprint density at radius 1 is 1.05 bits per heavy atom. The first-order valence-corrected chi connectivity index (χ1v) is 14.5. The van der Waals surface area contributed by atoms with Crippen LogP contribution in [0.25, 0.3) is 6.08 Å². The summed E-state index contributed by atoms with van der Waals surface area (Å²) in [6.45, 7) is 11.9. The molecule has 1 N–H and O–H groups in total. The molecule has 216 valence electrons. The number of aryl methyl sites for hydroxylation is 1. The van der Waals surface area contributed by atoms with Gasteiger partial charge in [0.2, 0.25) is 0 Å². The van der Waals surface area contributed by atoms with Crippen molar-refractivity contribution < 1.29 is 13.6 Å². The third-order valence-corrected chi connectivity index (χ3v) is 8.43. The van der Waals surface area contributed by atoms with Crippen LogP contribution in [0.3, 0.4) is 0 Å². The van der Waals surface area contributed by atoms with Gasteiger partial charge in [0.25, 0.3) is 5.91 Å². The number of nitrogens with zero attached hydrogens (tertiary/aromatic N) is 4. The largest absolute Gasteiger partial charge is 0.353 e. The van der Waals surface area contributed by atoms with Crippen LogP contribution in [0.4, 0.5) is 14.6 Å². The minimum atomic E-state index is -0.390. The highest BCUT2D eigenvalue weighted by atomic mass is 35.5. The Hall–Kier alpha value is -3.33. The number of aromatic nitrogens is 1. The van der Waals surface area contributed by atoms with Crippen molar-refractivity contribution in [1.29, 1.82) is 0 Å². The van der Waals surface area contributed by atoms with Crippen molar-refractivity contribution in [2.24, 2.45) is 0 Å². The molecule has 41 heavy (non-hydrogen) atoms. The van der Waals surface area contributed by atoms with Gasteiger partial charge < -0.3 is 10.2 Å². The van der Waals surface area contributed by atoms with Gasteiger partial charge in [0.1, 0.15) is 17.5 Å². The fourth-order valence-corrected chi connectivity index (χ4v) is 5.99. The average Bonchev–Trinajstić information content (AvgIpc) is 2.98. The predicted molar refractivity (Wildman–Crippen MR) is 160 cm³/mol.